The quantitative estimate of drug-likeness (QED) is 0.688. The van der Waals surface area contributed by atoms with Crippen molar-refractivity contribution in [2.75, 3.05) is 0 Å². The van der Waals surface area contributed by atoms with Gasteiger partial charge in [0.1, 0.15) is 5.69 Å². The lowest BCUT2D eigenvalue weighted by atomic mass is 10.1. The molecule has 1 N–H and O–H groups in total. The van der Waals surface area contributed by atoms with E-state index in [-0.39, 0.29) is 12.2 Å². The second kappa shape index (κ2) is 7.47. The first-order chi connectivity index (χ1) is 12.0. The fraction of sp³-hybridized carbons (Fsp3) is 0.188. The van der Waals surface area contributed by atoms with Gasteiger partial charge in [-0.3, -0.25) is 9.48 Å². The molecule has 2 aromatic heterocycles. The number of aromatic nitrogens is 3. The summed E-state index contributed by atoms with van der Waals surface area (Å²) in [6.45, 7) is 2.83. The van der Waals surface area contributed by atoms with E-state index in [0.29, 0.717) is 38.6 Å². The van der Waals surface area contributed by atoms with Crippen LogP contribution in [0.1, 0.15) is 23.1 Å². The van der Waals surface area contributed by atoms with E-state index < -0.39 is 5.91 Å². The number of halogens is 3. The number of benzene rings is 1. The monoisotopic (exact) mass is 398 g/mol. The van der Waals surface area contributed by atoms with Gasteiger partial charge in [-0.15, -0.1) is 0 Å². The third-order valence-corrected chi connectivity index (χ3v) is 4.33. The first kappa shape index (κ1) is 17.8. The highest BCUT2D eigenvalue weighted by Gasteiger charge is 2.16. The van der Waals surface area contributed by atoms with Gasteiger partial charge in [0, 0.05) is 29.4 Å². The van der Waals surface area contributed by atoms with Gasteiger partial charge in [0.15, 0.2) is 11.5 Å². The Hall–Kier alpha value is -2.02. The first-order valence-corrected chi connectivity index (χ1v) is 8.53. The number of hydrogen-bond acceptors (Lipinski definition) is 4. The molecule has 1 aromatic carbocycles. The molecular weight excluding hydrogens is 387 g/mol. The SMILES string of the molecule is CCn1cc(Cl)c(CNC(=O)c2cc(-c3ccc(Cl)cc3Cl)on2)n1. The van der Waals surface area contributed by atoms with E-state index >= 15 is 0 Å². The molecule has 6 nitrogen and oxygen atoms in total. The van der Waals surface area contributed by atoms with E-state index in [4.69, 9.17) is 39.3 Å². The molecule has 0 bridgehead atoms. The standard InChI is InChI=1S/C16H13Cl3N4O2/c1-2-23-8-12(19)14(21-23)7-20-16(24)13-6-15(25-22-13)10-4-3-9(17)5-11(10)18/h3-6,8H,2,7H2,1H3,(H,20,24). The molecule has 0 aliphatic rings. The van der Waals surface area contributed by atoms with Gasteiger partial charge in [-0.05, 0) is 25.1 Å². The maximum absolute atomic E-state index is 12.2. The molecule has 3 aromatic rings. The fourth-order valence-electron chi connectivity index (χ4n) is 2.17. The van der Waals surface area contributed by atoms with Crippen LogP contribution in [0.2, 0.25) is 15.1 Å². The van der Waals surface area contributed by atoms with Crippen molar-refractivity contribution < 1.29 is 9.32 Å². The summed E-state index contributed by atoms with van der Waals surface area (Å²) in [5.74, 6) is -0.0256. The maximum atomic E-state index is 12.2. The largest absolute Gasteiger partial charge is 0.355 e. The summed E-state index contributed by atoms with van der Waals surface area (Å²) in [6.07, 6.45) is 1.71. The van der Waals surface area contributed by atoms with Crippen LogP contribution in [0.15, 0.2) is 35.0 Å². The maximum Gasteiger partial charge on any atom is 0.273 e. The van der Waals surface area contributed by atoms with E-state index in [0.717, 1.165) is 0 Å². The minimum absolute atomic E-state index is 0.132. The Balaban J connectivity index is 1.71. The summed E-state index contributed by atoms with van der Waals surface area (Å²) in [5.41, 5.74) is 1.32. The zero-order chi connectivity index (χ0) is 18.0. The number of carbonyl (C=O) groups excluding carboxylic acids is 1. The Morgan fingerprint density at radius 1 is 1.24 bits per heavy atom. The lowest BCUT2D eigenvalue weighted by molar-refractivity contribution is 0.0941. The van der Waals surface area contributed by atoms with Gasteiger partial charge < -0.3 is 9.84 Å². The predicted molar refractivity (Wildman–Crippen MR) is 96.0 cm³/mol. The lowest BCUT2D eigenvalue weighted by Gasteiger charge is -2.00. The minimum Gasteiger partial charge on any atom is -0.355 e. The summed E-state index contributed by atoms with van der Waals surface area (Å²) in [4.78, 5) is 12.2. The van der Waals surface area contributed by atoms with Crippen molar-refractivity contribution in [2.45, 2.75) is 20.0 Å². The van der Waals surface area contributed by atoms with E-state index in [1.807, 2.05) is 6.92 Å². The normalized spacial score (nSPS) is 10.9. The molecule has 0 saturated carbocycles. The molecule has 0 aliphatic carbocycles. The van der Waals surface area contributed by atoms with Crippen molar-refractivity contribution >= 4 is 40.7 Å². The second-order valence-corrected chi connectivity index (χ2v) is 6.41. The zero-order valence-electron chi connectivity index (χ0n) is 13.1. The summed E-state index contributed by atoms with van der Waals surface area (Å²) < 4.78 is 6.90. The van der Waals surface area contributed by atoms with Crippen LogP contribution in [-0.4, -0.2) is 20.8 Å². The van der Waals surface area contributed by atoms with Crippen molar-refractivity contribution in [1.29, 1.82) is 0 Å². The van der Waals surface area contributed by atoms with Crippen molar-refractivity contribution in [3.63, 3.8) is 0 Å². The average Bonchev–Trinajstić information content (AvgIpc) is 3.19. The zero-order valence-corrected chi connectivity index (χ0v) is 15.4. The van der Waals surface area contributed by atoms with E-state index in [2.05, 4.69) is 15.6 Å². The number of hydrogen-bond donors (Lipinski definition) is 1. The minimum atomic E-state index is -0.401. The van der Waals surface area contributed by atoms with Crippen LogP contribution in [-0.2, 0) is 13.1 Å². The molecule has 0 fully saturated rings. The summed E-state index contributed by atoms with van der Waals surface area (Å²) in [6, 6.07) is 6.48. The van der Waals surface area contributed by atoms with Crippen molar-refractivity contribution in [3.05, 3.63) is 56.9 Å². The predicted octanol–water partition coefficient (Wildman–Crippen LogP) is 4.45. The Morgan fingerprint density at radius 3 is 2.72 bits per heavy atom. The van der Waals surface area contributed by atoms with Crippen LogP contribution in [0.5, 0.6) is 0 Å². The van der Waals surface area contributed by atoms with Crippen LogP contribution < -0.4 is 5.32 Å². The van der Waals surface area contributed by atoms with E-state index in [1.54, 1.807) is 29.1 Å². The Morgan fingerprint density at radius 2 is 2.04 bits per heavy atom. The smallest absolute Gasteiger partial charge is 0.273 e. The topological polar surface area (TPSA) is 73.0 Å². The fourth-order valence-corrected chi connectivity index (χ4v) is 2.89. The molecule has 1 amide bonds. The molecule has 9 heteroatoms. The van der Waals surface area contributed by atoms with Crippen LogP contribution in [0.25, 0.3) is 11.3 Å². The third-order valence-electron chi connectivity index (χ3n) is 3.47. The molecule has 25 heavy (non-hydrogen) atoms. The molecule has 3 rings (SSSR count). The van der Waals surface area contributed by atoms with E-state index in [9.17, 15) is 4.79 Å². The highest BCUT2D eigenvalue weighted by Crippen LogP contribution is 2.30. The van der Waals surface area contributed by atoms with Crippen LogP contribution >= 0.6 is 34.8 Å². The van der Waals surface area contributed by atoms with Gasteiger partial charge >= 0.3 is 0 Å². The Bertz CT molecular complexity index is 920. The molecule has 0 radical (unpaired) electrons. The summed E-state index contributed by atoms with van der Waals surface area (Å²) >= 11 is 18.1. The van der Waals surface area contributed by atoms with Gasteiger partial charge in [0.05, 0.1) is 16.6 Å². The average molecular weight is 400 g/mol. The van der Waals surface area contributed by atoms with Gasteiger partial charge in [0.2, 0.25) is 0 Å². The summed E-state index contributed by atoms with van der Waals surface area (Å²) in [5, 5.41) is 12.2. The number of amides is 1. The highest BCUT2D eigenvalue weighted by molar-refractivity contribution is 6.36. The molecule has 0 aliphatic heterocycles. The molecular formula is C16H13Cl3N4O2. The molecule has 0 saturated heterocycles. The molecule has 0 unspecified atom stereocenters. The van der Waals surface area contributed by atoms with Crippen LogP contribution in [0, 0.1) is 0 Å². The highest BCUT2D eigenvalue weighted by atomic mass is 35.5. The van der Waals surface area contributed by atoms with Crippen LogP contribution in [0.3, 0.4) is 0 Å². The summed E-state index contributed by atoms with van der Waals surface area (Å²) in [7, 11) is 0. The van der Waals surface area contributed by atoms with Crippen LogP contribution in [0.4, 0.5) is 0 Å². The molecule has 130 valence electrons. The Kier molecular flexibility index (Phi) is 5.32. The lowest BCUT2D eigenvalue weighted by Crippen LogP contribution is -2.23. The number of aryl methyl sites for hydroxylation is 1. The van der Waals surface area contributed by atoms with Crippen molar-refractivity contribution in [3.8, 4) is 11.3 Å². The van der Waals surface area contributed by atoms with Crippen molar-refractivity contribution in [2.24, 2.45) is 0 Å². The number of rotatable bonds is 5. The third kappa shape index (κ3) is 3.98. The second-order valence-electron chi connectivity index (χ2n) is 5.16. The Labute approximate surface area is 158 Å². The molecule has 0 atom stereocenters. The van der Waals surface area contributed by atoms with Gasteiger partial charge in [-0.25, -0.2) is 0 Å². The number of carbonyl (C=O) groups is 1. The van der Waals surface area contributed by atoms with Gasteiger partial charge in [0.25, 0.3) is 5.91 Å². The molecule has 2 heterocycles. The molecule has 0 spiro atoms. The van der Waals surface area contributed by atoms with E-state index in [1.165, 1.54) is 6.07 Å². The van der Waals surface area contributed by atoms with Crippen molar-refractivity contribution in [1.82, 2.24) is 20.3 Å². The van der Waals surface area contributed by atoms with Gasteiger partial charge in [-0.1, -0.05) is 40.0 Å². The number of nitrogens with zero attached hydrogens (tertiary/aromatic N) is 3. The van der Waals surface area contributed by atoms with Gasteiger partial charge in [-0.2, -0.15) is 5.10 Å². The first-order valence-electron chi connectivity index (χ1n) is 7.40. The number of nitrogens with one attached hydrogen (secondary N) is 1.